The molecule has 2 fully saturated rings. The molecule has 2 aliphatic carbocycles. The molecule has 1 amide bonds. The Bertz CT molecular complexity index is 1500. The van der Waals surface area contributed by atoms with Crippen LogP contribution in [-0.2, 0) is 19.1 Å². The van der Waals surface area contributed by atoms with Crippen LogP contribution in [0.2, 0.25) is 0 Å². The molecule has 0 saturated heterocycles. The molecule has 10 nitrogen and oxygen atoms in total. The monoisotopic (exact) mass is 695 g/mol. The lowest BCUT2D eigenvalue weighted by molar-refractivity contribution is -0.149. The molecule has 270 valence electrons. The van der Waals surface area contributed by atoms with E-state index in [9.17, 15) is 14.4 Å². The van der Waals surface area contributed by atoms with E-state index in [1.807, 2.05) is 19.9 Å². The van der Waals surface area contributed by atoms with E-state index < -0.39 is 0 Å². The van der Waals surface area contributed by atoms with Crippen LogP contribution in [0.4, 0.5) is 5.82 Å². The first kappa shape index (κ1) is 38.3. The first-order chi connectivity index (χ1) is 23.1. The summed E-state index contributed by atoms with van der Waals surface area (Å²) in [5, 5.41) is 9.58. The van der Waals surface area contributed by atoms with Gasteiger partial charge in [-0.25, -0.2) is 0 Å². The molecule has 49 heavy (non-hydrogen) atoms. The summed E-state index contributed by atoms with van der Waals surface area (Å²) < 4.78 is 12.3. The molecule has 11 heteroatoms. The zero-order chi connectivity index (χ0) is 36.2. The number of nitrogens with one attached hydrogen (secondary N) is 4. The summed E-state index contributed by atoms with van der Waals surface area (Å²) in [6, 6.07) is 0. The Morgan fingerprint density at radius 2 is 1.43 bits per heavy atom. The maximum Gasteiger partial charge on any atom is 0.315 e. The van der Waals surface area contributed by atoms with Crippen molar-refractivity contribution >= 4 is 52.9 Å². The molecule has 4 atom stereocenters. The van der Waals surface area contributed by atoms with Gasteiger partial charge in [0.05, 0.1) is 11.8 Å². The smallest absolute Gasteiger partial charge is 0.315 e. The largest absolute Gasteiger partial charge is 0.422 e. The minimum Gasteiger partial charge on any atom is -0.422 e. The van der Waals surface area contributed by atoms with Crippen LogP contribution >= 0.6 is 12.2 Å². The van der Waals surface area contributed by atoms with Crippen molar-refractivity contribution in [1.82, 2.24) is 15.6 Å². The summed E-state index contributed by atoms with van der Waals surface area (Å²) in [6.07, 6.45) is 7.70. The number of carbonyl (C=O) groups excluding carboxylic acids is 3. The number of H-pyrrole nitrogens is 1. The summed E-state index contributed by atoms with van der Waals surface area (Å²) in [6.45, 7) is 20.8. The van der Waals surface area contributed by atoms with E-state index in [0.29, 0.717) is 69.2 Å². The number of aromatic amines is 1. The van der Waals surface area contributed by atoms with Crippen molar-refractivity contribution in [3.63, 3.8) is 0 Å². The SMILES string of the molecule is CCCCNC(=S)N=C1NC(=Cc2[nH]c(NC(C)=O)c(OC(=O)C3C(C)CC(C)CC3C)c2C)C(C)=C1OC(=O)C1C(C)CC(C)CC1C. The quantitative estimate of drug-likeness (QED) is 0.118. The minimum absolute atomic E-state index is 0.191. The zero-order valence-corrected chi connectivity index (χ0v) is 31.9. The lowest BCUT2D eigenvalue weighted by atomic mass is 9.69. The third kappa shape index (κ3) is 9.21. The highest BCUT2D eigenvalue weighted by Gasteiger charge is 2.40. The molecule has 2 saturated carbocycles. The Balaban J connectivity index is 1.69. The highest BCUT2D eigenvalue weighted by Crippen LogP contribution is 2.42. The van der Waals surface area contributed by atoms with Crippen molar-refractivity contribution in [2.75, 3.05) is 11.9 Å². The van der Waals surface area contributed by atoms with Gasteiger partial charge in [-0.3, -0.25) is 14.4 Å². The average Bonchev–Trinajstić information content (AvgIpc) is 3.41. The standard InChI is InChI=1S/C38H57N5O5S/c1-11-12-13-39-38(49)43-35-33(48-37(46)31-23(6)16-20(3)17-24(31)7)26(9)29(42-35)18-28-25(8)32(34(41-28)40-27(10)44)47-36(45)30-21(4)14-19(2)15-22(30)5/h18-24,30-31,41H,11-17H2,1-10H3,(H,40,44)(H2,39,42,43,49). The summed E-state index contributed by atoms with van der Waals surface area (Å²) >= 11 is 5.54. The Morgan fingerprint density at radius 1 is 0.898 bits per heavy atom. The molecule has 4 rings (SSSR count). The molecule has 3 aliphatic rings. The lowest BCUT2D eigenvalue weighted by Gasteiger charge is -2.36. The van der Waals surface area contributed by atoms with Gasteiger partial charge in [-0.2, -0.15) is 4.99 Å². The first-order valence-electron chi connectivity index (χ1n) is 18.1. The number of anilines is 1. The number of aliphatic imine (C=N–C) groups is 1. The predicted octanol–water partition coefficient (Wildman–Crippen LogP) is 7.66. The third-order valence-corrected chi connectivity index (χ3v) is 10.8. The molecule has 2 heterocycles. The fraction of sp³-hybridized carbons (Fsp3) is 0.658. The third-order valence-electron chi connectivity index (χ3n) is 10.6. The number of hydrogen-bond acceptors (Lipinski definition) is 6. The number of nitrogens with zero attached hydrogens (tertiary/aromatic N) is 1. The zero-order valence-electron chi connectivity index (χ0n) is 31.0. The van der Waals surface area contributed by atoms with Gasteiger partial charge in [-0.1, -0.05) is 54.9 Å². The average molecular weight is 696 g/mol. The highest BCUT2D eigenvalue weighted by atomic mass is 32.1. The Labute approximate surface area is 297 Å². The Hall–Kier alpha value is -3.47. The van der Waals surface area contributed by atoms with Crippen molar-refractivity contribution in [2.24, 2.45) is 52.3 Å². The molecular weight excluding hydrogens is 639 g/mol. The van der Waals surface area contributed by atoms with Gasteiger partial charge < -0.3 is 30.4 Å². The van der Waals surface area contributed by atoms with E-state index in [-0.39, 0.29) is 53.4 Å². The van der Waals surface area contributed by atoms with E-state index in [1.165, 1.54) is 6.92 Å². The Morgan fingerprint density at radius 3 is 1.94 bits per heavy atom. The number of hydrogen-bond donors (Lipinski definition) is 4. The van der Waals surface area contributed by atoms with Crippen molar-refractivity contribution in [3.05, 3.63) is 28.3 Å². The number of rotatable bonds is 9. The topological polar surface area (TPSA) is 134 Å². The van der Waals surface area contributed by atoms with Crippen LogP contribution in [0.1, 0.15) is 112 Å². The normalized spacial score (nSPS) is 30.2. The van der Waals surface area contributed by atoms with Crippen LogP contribution in [0, 0.1) is 54.3 Å². The molecule has 0 bridgehead atoms. The predicted molar refractivity (Wildman–Crippen MR) is 199 cm³/mol. The number of allylic oxidation sites excluding steroid dienone is 1. The van der Waals surface area contributed by atoms with Gasteiger partial charge in [0.2, 0.25) is 5.91 Å². The molecule has 1 aromatic rings. The summed E-state index contributed by atoms with van der Waals surface area (Å²) in [4.78, 5) is 47.4. The van der Waals surface area contributed by atoms with Crippen LogP contribution in [0.5, 0.6) is 5.75 Å². The van der Waals surface area contributed by atoms with Crippen molar-refractivity contribution in [2.45, 2.75) is 108 Å². The van der Waals surface area contributed by atoms with E-state index in [4.69, 9.17) is 21.7 Å². The molecule has 0 radical (unpaired) electrons. The summed E-state index contributed by atoms with van der Waals surface area (Å²) in [7, 11) is 0. The van der Waals surface area contributed by atoms with Crippen LogP contribution in [-0.4, -0.2) is 40.3 Å². The van der Waals surface area contributed by atoms with Gasteiger partial charge in [0.25, 0.3) is 0 Å². The number of ether oxygens (including phenoxy) is 2. The number of amides is 1. The van der Waals surface area contributed by atoms with E-state index in [0.717, 1.165) is 38.5 Å². The van der Waals surface area contributed by atoms with Gasteiger partial charge in [-0.15, -0.1) is 0 Å². The lowest BCUT2D eigenvalue weighted by Crippen LogP contribution is -2.37. The highest BCUT2D eigenvalue weighted by molar-refractivity contribution is 7.80. The molecule has 1 aromatic heterocycles. The van der Waals surface area contributed by atoms with Gasteiger partial charge in [0.15, 0.2) is 28.3 Å². The molecule has 1 aliphatic heterocycles. The fourth-order valence-electron chi connectivity index (χ4n) is 8.42. The summed E-state index contributed by atoms with van der Waals surface area (Å²) in [5.74, 6) is 1.89. The van der Waals surface area contributed by atoms with Crippen molar-refractivity contribution in [1.29, 1.82) is 0 Å². The molecular formula is C38H57N5O5S. The Kier molecular flexibility index (Phi) is 12.9. The number of carbonyl (C=O) groups is 3. The first-order valence-corrected chi connectivity index (χ1v) is 18.5. The van der Waals surface area contributed by atoms with E-state index in [2.05, 4.69) is 74.4 Å². The van der Waals surface area contributed by atoms with Crippen molar-refractivity contribution < 1.29 is 23.9 Å². The van der Waals surface area contributed by atoms with Crippen LogP contribution < -0.4 is 20.7 Å². The number of thiocarbonyl (C=S) groups is 1. The molecule has 0 aromatic carbocycles. The number of aromatic nitrogens is 1. The maximum absolute atomic E-state index is 13.7. The molecule has 4 N–H and O–H groups in total. The van der Waals surface area contributed by atoms with Gasteiger partial charge >= 0.3 is 11.9 Å². The van der Waals surface area contributed by atoms with Crippen LogP contribution in [0.15, 0.2) is 22.0 Å². The van der Waals surface area contributed by atoms with Gasteiger partial charge in [0, 0.05) is 36.0 Å². The van der Waals surface area contributed by atoms with Gasteiger partial charge in [-0.05, 0) is 99.8 Å². The molecule has 4 unspecified atom stereocenters. The summed E-state index contributed by atoms with van der Waals surface area (Å²) in [5.41, 5.74) is 2.59. The van der Waals surface area contributed by atoms with Crippen LogP contribution in [0.25, 0.3) is 6.08 Å². The second-order valence-electron chi connectivity index (χ2n) is 15.2. The van der Waals surface area contributed by atoms with E-state index in [1.54, 1.807) is 0 Å². The second kappa shape index (κ2) is 16.5. The maximum atomic E-state index is 13.7. The fourth-order valence-corrected chi connectivity index (χ4v) is 8.61. The number of unbranched alkanes of at least 4 members (excludes halogenated alkanes) is 1. The van der Waals surface area contributed by atoms with E-state index >= 15 is 0 Å². The van der Waals surface area contributed by atoms with Crippen LogP contribution in [0.3, 0.4) is 0 Å². The van der Waals surface area contributed by atoms with Crippen molar-refractivity contribution in [3.8, 4) is 5.75 Å². The number of esters is 2. The van der Waals surface area contributed by atoms with Gasteiger partial charge in [0.1, 0.15) is 0 Å². The minimum atomic E-state index is -0.297. The molecule has 0 spiro atoms. The second-order valence-corrected chi connectivity index (χ2v) is 15.6. The number of amidine groups is 1.